The van der Waals surface area contributed by atoms with Crippen LogP contribution in [-0.4, -0.2) is 6.10 Å². The molecule has 0 aromatic heterocycles. The van der Waals surface area contributed by atoms with Gasteiger partial charge in [0, 0.05) is 0 Å². The Kier molecular flexibility index (Phi) is 6.54. The average molecular weight is 210 g/mol. The van der Waals surface area contributed by atoms with Crippen LogP contribution in [0.4, 0.5) is 0 Å². The number of hydrogen-bond acceptors (Lipinski definition) is 1. The molecule has 0 heterocycles. The van der Waals surface area contributed by atoms with E-state index in [0.29, 0.717) is 6.10 Å². The van der Waals surface area contributed by atoms with Crippen molar-refractivity contribution in [3.63, 3.8) is 0 Å². The summed E-state index contributed by atoms with van der Waals surface area (Å²) in [4.78, 5) is 0. The Bertz CT molecular complexity index is 168. The molecule has 0 saturated heterocycles. The normalized spacial score (nSPS) is 20.7. The summed E-state index contributed by atoms with van der Waals surface area (Å²) in [5.74, 6) is 0.815. The topological polar surface area (TPSA) is 9.23 Å². The minimum absolute atomic E-state index is 0.471. The van der Waals surface area contributed by atoms with E-state index in [1.165, 1.54) is 38.5 Å². The molecular formula is C14H26O. The molecule has 0 aliphatic heterocycles. The Balaban J connectivity index is 2.27. The van der Waals surface area contributed by atoms with E-state index in [0.717, 1.165) is 18.8 Å². The fourth-order valence-electron chi connectivity index (χ4n) is 2.44. The largest absolute Gasteiger partial charge is 0.498 e. The molecule has 0 N–H and O–H groups in total. The monoisotopic (exact) mass is 210 g/mol. The van der Waals surface area contributed by atoms with Crippen molar-refractivity contribution < 1.29 is 4.74 Å². The van der Waals surface area contributed by atoms with Crippen molar-refractivity contribution in [3.8, 4) is 0 Å². The molecule has 0 spiro atoms. The highest BCUT2D eigenvalue weighted by Gasteiger charge is 2.22. The van der Waals surface area contributed by atoms with Crippen LogP contribution in [0.1, 0.15) is 65.2 Å². The molecule has 88 valence electrons. The third-order valence-corrected chi connectivity index (χ3v) is 3.38. The lowest BCUT2D eigenvalue weighted by molar-refractivity contribution is 0.0630. The summed E-state index contributed by atoms with van der Waals surface area (Å²) in [6, 6.07) is 0. The summed E-state index contributed by atoms with van der Waals surface area (Å²) >= 11 is 0. The Morgan fingerprint density at radius 2 is 1.93 bits per heavy atom. The second kappa shape index (κ2) is 7.78. The van der Waals surface area contributed by atoms with Gasteiger partial charge in [-0.1, -0.05) is 39.5 Å². The van der Waals surface area contributed by atoms with Crippen LogP contribution >= 0.6 is 0 Å². The number of unbranched alkanes of at least 4 members (excludes halogenated alkanes) is 1. The van der Waals surface area contributed by atoms with E-state index in [4.69, 9.17) is 4.74 Å². The molecule has 0 bridgehead atoms. The first-order valence-corrected chi connectivity index (χ1v) is 6.69. The summed E-state index contributed by atoms with van der Waals surface area (Å²) in [5, 5.41) is 0. The van der Waals surface area contributed by atoms with Gasteiger partial charge in [0.15, 0.2) is 0 Å². The van der Waals surface area contributed by atoms with Crippen molar-refractivity contribution in [1.82, 2.24) is 0 Å². The van der Waals surface area contributed by atoms with Gasteiger partial charge in [0.2, 0.25) is 0 Å². The summed E-state index contributed by atoms with van der Waals surface area (Å²) in [6.45, 7) is 4.44. The molecule has 1 aliphatic carbocycles. The fraction of sp³-hybridized carbons (Fsp3) is 0.857. The molecule has 1 nitrogen and oxygen atoms in total. The van der Waals surface area contributed by atoms with Gasteiger partial charge < -0.3 is 4.74 Å². The van der Waals surface area contributed by atoms with Gasteiger partial charge in [-0.2, -0.15) is 0 Å². The number of ether oxygens (including phenoxy) is 1. The molecule has 1 fully saturated rings. The predicted octanol–water partition coefficient (Wildman–Crippen LogP) is 4.68. The van der Waals surface area contributed by atoms with E-state index >= 15 is 0 Å². The zero-order chi connectivity index (χ0) is 10.9. The Morgan fingerprint density at radius 3 is 2.53 bits per heavy atom. The van der Waals surface area contributed by atoms with E-state index in [2.05, 4.69) is 19.9 Å². The molecule has 1 unspecified atom stereocenters. The first-order valence-electron chi connectivity index (χ1n) is 6.69. The standard InChI is InChI=1S/C14H26O/c1-3-5-9-12-15-14(4-2)13-10-7-6-8-11-13/h9,12-14H,3-8,10-11H2,1-2H3. The molecule has 0 radical (unpaired) electrons. The summed E-state index contributed by atoms with van der Waals surface area (Å²) in [5.41, 5.74) is 0. The van der Waals surface area contributed by atoms with Crippen LogP contribution in [0, 0.1) is 5.92 Å². The maximum Gasteiger partial charge on any atom is 0.100 e. The van der Waals surface area contributed by atoms with Crippen molar-refractivity contribution >= 4 is 0 Å². The van der Waals surface area contributed by atoms with Crippen molar-refractivity contribution in [2.24, 2.45) is 5.92 Å². The molecule has 15 heavy (non-hydrogen) atoms. The van der Waals surface area contributed by atoms with Crippen molar-refractivity contribution in [1.29, 1.82) is 0 Å². The van der Waals surface area contributed by atoms with Crippen LogP contribution in [0.2, 0.25) is 0 Å². The second-order valence-corrected chi connectivity index (χ2v) is 4.64. The quantitative estimate of drug-likeness (QED) is 0.579. The molecule has 1 heteroatoms. The molecule has 1 aliphatic rings. The zero-order valence-electron chi connectivity index (χ0n) is 10.4. The summed E-state index contributed by atoms with van der Waals surface area (Å²) < 4.78 is 5.85. The fourth-order valence-corrected chi connectivity index (χ4v) is 2.44. The minimum atomic E-state index is 0.471. The first kappa shape index (κ1) is 12.6. The minimum Gasteiger partial charge on any atom is -0.498 e. The van der Waals surface area contributed by atoms with E-state index in [1.807, 2.05) is 6.26 Å². The van der Waals surface area contributed by atoms with Crippen LogP contribution < -0.4 is 0 Å². The lowest BCUT2D eigenvalue weighted by Gasteiger charge is -2.28. The van der Waals surface area contributed by atoms with Gasteiger partial charge in [-0.25, -0.2) is 0 Å². The van der Waals surface area contributed by atoms with Gasteiger partial charge in [-0.3, -0.25) is 0 Å². The van der Waals surface area contributed by atoms with Gasteiger partial charge in [0.25, 0.3) is 0 Å². The van der Waals surface area contributed by atoms with Gasteiger partial charge >= 0.3 is 0 Å². The van der Waals surface area contributed by atoms with Crippen molar-refractivity contribution in [2.75, 3.05) is 0 Å². The molecule has 0 aromatic carbocycles. The maximum absolute atomic E-state index is 5.85. The highest BCUT2D eigenvalue weighted by molar-refractivity contribution is 4.79. The van der Waals surface area contributed by atoms with Crippen LogP contribution in [0.15, 0.2) is 12.3 Å². The average Bonchev–Trinajstić information content (AvgIpc) is 2.30. The molecule has 1 saturated carbocycles. The van der Waals surface area contributed by atoms with Gasteiger partial charge in [-0.15, -0.1) is 0 Å². The zero-order valence-corrected chi connectivity index (χ0v) is 10.4. The number of allylic oxidation sites excluding steroid dienone is 1. The van der Waals surface area contributed by atoms with Crippen LogP contribution in [0.5, 0.6) is 0 Å². The Hall–Kier alpha value is -0.460. The number of hydrogen-bond donors (Lipinski definition) is 0. The van der Waals surface area contributed by atoms with Gasteiger partial charge in [0.05, 0.1) is 6.26 Å². The maximum atomic E-state index is 5.85. The highest BCUT2D eigenvalue weighted by Crippen LogP contribution is 2.29. The molecular weight excluding hydrogens is 184 g/mol. The first-order chi connectivity index (χ1) is 7.38. The SMILES string of the molecule is CCCC=COC(CC)C1CCCCC1. The van der Waals surface area contributed by atoms with Crippen molar-refractivity contribution in [2.45, 2.75) is 71.3 Å². The Labute approximate surface area is 94.9 Å². The third-order valence-electron chi connectivity index (χ3n) is 3.38. The lowest BCUT2D eigenvalue weighted by atomic mass is 9.84. The highest BCUT2D eigenvalue weighted by atomic mass is 16.5. The van der Waals surface area contributed by atoms with Crippen LogP contribution in [-0.2, 0) is 4.74 Å². The molecule has 1 atom stereocenters. The summed E-state index contributed by atoms with van der Waals surface area (Å²) in [7, 11) is 0. The predicted molar refractivity (Wildman–Crippen MR) is 65.8 cm³/mol. The lowest BCUT2D eigenvalue weighted by Crippen LogP contribution is -2.23. The Morgan fingerprint density at radius 1 is 1.20 bits per heavy atom. The van der Waals surface area contributed by atoms with E-state index in [9.17, 15) is 0 Å². The van der Waals surface area contributed by atoms with Crippen LogP contribution in [0.3, 0.4) is 0 Å². The summed E-state index contributed by atoms with van der Waals surface area (Å²) in [6.07, 6.45) is 15.1. The van der Waals surface area contributed by atoms with Gasteiger partial charge in [0.1, 0.15) is 6.10 Å². The van der Waals surface area contributed by atoms with Crippen LogP contribution in [0.25, 0.3) is 0 Å². The number of rotatable bonds is 6. The second-order valence-electron chi connectivity index (χ2n) is 4.64. The third kappa shape index (κ3) is 4.72. The van der Waals surface area contributed by atoms with E-state index < -0.39 is 0 Å². The van der Waals surface area contributed by atoms with Gasteiger partial charge in [-0.05, 0) is 37.7 Å². The van der Waals surface area contributed by atoms with E-state index in [1.54, 1.807) is 0 Å². The molecule has 1 rings (SSSR count). The smallest absolute Gasteiger partial charge is 0.100 e. The molecule has 0 aromatic rings. The van der Waals surface area contributed by atoms with E-state index in [-0.39, 0.29) is 0 Å². The molecule has 0 amide bonds. The van der Waals surface area contributed by atoms with Crippen molar-refractivity contribution in [3.05, 3.63) is 12.3 Å².